The molecule has 5 rings (SSSR count). The number of benzene rings is 3. The maximum absolute atomic E-state index is 13.1. The molecule has 0 N–H and O–H groups in total. The van der Waals surface area contributed by atoms with Crippen LogP contribution in [0.25, 0.3) is 23.0 Å². The monoisotopic (exact) mass is 524 g/mol. The molecule has 0 bridgehead atoms. The molecule has 1 aromatic heterocycles. The number of ether oxygens (including phenoxy) is 2. The number of carbonyl (C=O) groups excluding carboxylic acids is 1. The van der Waals surface area contributed by atoms with Gasteiger partial charge in [0.25, 0.3) is 5.91 Å². The summed E-state index contributed by atoms with van der Waals surface area (Å²) in [6, 6.07) is 26.9. The van der Waals surface area contributed by atoms with Crippen LogP contribution in [0.15, 0.2) is 90.6 Å². The molecular formula is C30H25ClN4O3. The molecule has 8 heteroatoms. The quantitative estimate of drug-likeness (QED) is 0.234. The fraction of sp³-hybridized carbons (Fsp3) is 0.167. The molecule has 1 amide bonds. The summed E-state index contributed by atoms with van der Waals surface area (Å²) in [6.45, 7) is 2.16. The minimum atomic E-state index is -0.314. The Morgan fingerprint density at radius 1 is 1.05 bits per heavy atom. The lowest BCUT2D eigenvalue weighted by atomic mass is 10.1. The van der Waals surface area contributed by atoms with Crippen molar-refractivity contribution in [1.29, 1.82) is 5.26 Å². The van der Waals surface area contributed by atoms with Gasteiger partial charge in [-0.15, -0.1) is 0 Å². The van der Waals surface area contributed by atoms with E-state index in [-0.39, 0.29) is 11.5 Å². The van der Waals surface area contributed by atoms with E-state index in [0.717, 1.165) is 16.8 Å². The second-order valence-corrected chi connectivity index (χ2v) is 9.10. The van der Waals surface area contributed by atoms with E-state index in [2.05, 4.69) is 6.07 Å². The molecule has 0 unspecified atom stereocenters. The van der Waals surface area contributed by atoms with Gasteiger partial charge in [-0.1, -0.05) is 60.1 Å². The van der Waals surface area contributed by atoms with Crippen molar-refractivity contribution < 1.29 is 14.3 Å². The Morgan fingerprint density at radius 3 is 2.58 bits per heavy atom. The van der Waals surface area contributed by atoms with Gasteiger partial charge in [0.05, 0.1) is 18.9 Å². The van der Waals surface area contributed by atoms with E-state index in [4.69, 9.17) is 26.2 Å². The maximum Gasteiger partial charge on any atom is 0.264 e. The summed E-state index contributed by atoms with van der Waals surface area (Å²) in [6.07, 6.45) is 3.43. The number of rotatable bonds is 7. The van der Waals surface area contributed by atoms with Crippen LogP contribution in [0.5, 0.6) is 5.75 Å². The molecule has 2 heterocycles. The number of halogens is 1. The number of morpholine rings is 1. The molecule has 0 saturated carbocycles. The highest BCUT2D eigenvalue weighted by atomic mass is 35.5. The van der Waals surface area contributed by atoms with E-state index < -0.39 is 0 Å². The number of amides is 1. The summed E-state index contributed by atoms with van der Waals surface area (Å²) >= 11 is 6.28. The number of hydrogen-bond donors (Lipinski definition) is 0. The Balaban J connectivity index is 1.50. The van der Waals surface area contributed by atoms with Crippen LogP contribution in [0.3, 0.4) is 0 Å². The number of aromatic nitrogens is 2. The molecule has 1 aliphatic rings. The minimum Gasteiger partial charge on any atom is -0.489 e. The Morgan fingerprint density at radius 2 is 1.82 bits per heavy atom. The molecule has 3 aromatic carbocycles. The Kier molecular flexibility index (Phi) is 7.84. The van der Waals surface area contributed by atoms with Crippen molar-refractivity contribution in [2.75, 3.05) is 26.3 Å². The molecule has 0 spiro atoms. The Labute approximate surface area is 226 Å². The highest BCUT2D eigenvalue weighted by Gasteiger charge is 2.22. The van der Waals surface area contributed by atoms with E-state index in [1.165, 1.54) is 0 Å². The third-order valence-corrected chi connectivity index (χ3v) is 6.54. The number of carbonyl (C=O) groups is 1. The number of nitriles is 1. The fourth-order valence-corrected chi connectivity index (χ4v) is 4.36. The van der Waals surface area contributed by atoms with E-state index >= 15 is 0 Å². The standard InChI is InChI=1S/C30H25ClN4O3/c31-28-12-5-4-7-23(28)21-38-27-11-6-8-22(18-27)29-25(20-35(33-29)26-9-2-1-3-10-26)17-24(19-32)30(36)34-13-15-37-16-14-34/h1-12,17-18,20H,13-16,21H2/b24-17-. The lowest BCUT2D eigenvalue weighted by molar-refractivity contribution is -0.130. The third kappa shape index (κ3) is 5.78. The summed E-state index contributed by atoms with van der Waals surface area (Å²) < 4.78 is 13.1. The molecule has 0 atom stereocenters. The maximum atomic E-state index is 13.1. The Bertz CT molecular complexity index is 1500. The van der Waals surface area contributed by atoms with Gasteiger partial charge in [-0.25, -0.2) is 4.68 Å². The van der Waals surface area contributed by atoms with Crippen molar-refractivity contribution in [2.45, 2.75) is 6.61 Å². The largest absolute Gasteiger partial charge is 0.489 e. The van der Waals surface area contributed by atoms with Crippen molar-refractivity contribution >= 4 is 23.6 Å². The van der Waals surface area contributed by atoms with Gasteiger partial charge in [0.2, 0.25) is 0 Å². The molecule has 1 saturated heterocycles. The van der Waals surface area contributed by atoms with Crippen LogP contribution in [-0.4, -0.2) is 46.9 Å². The number of para-hydroxylation sites is 1. The van der Waals surface area contributed by atoms with Crippen LogP contribution in [0.1, 0.15) is 11.1 Å². The normalized spacial score (nSPS) is 13.7. The summed E-state index contributed by atoms with van der Waals surface area (Å²) in [5.41, 5.74) is 3.86. The van der Waals surface area contributed by atoms with Crippen LogP contribution in [-0.2, 0) is 16.1 Å². The predicted molar refractivity (Wildman–Crippen MR) is 146 cm³/mol. The lowest BCUT2D eigenvalue weighted by Crippen LogP contribution is -2.41. The molecular weight excluding hydrogens is 500 g/mol. The topological polar surface area (TPSA) is 80.4 Å². The van der Waals surface area contributed by atoms with Gasteiger partial charge in [-0.3, -0.25) is 4.79 Å². The SMILES string of the molecule is N#C/C(=C/c1cn(-c2ccccc2)nc1-c1cccc(OCc2ccccc2Cl)c1)C(=O)N1CCOCC1. The first kappa shape index (κ1) is 25.3. The average Bonchev–Trinajstić information content (AvgIpc) is 3.40. The van der Waals surface area contributed by atoms with Crippen LogP contribution in [0.4, 0.5) is 0 Å². The highest BCUT2D eigenvalue weighted by molar-refractivity contribution is 6.31. The second-order valence-electron chi connectivity index (χ2n) is 8.70. The zero-order chi connectivity index (χ0) is 26.3. The molecule has 4 aromatic rings. The fourth-order valence-electron chi connectivity index (χ4n) is 4.17. The first-order chi connectivity index (χ1) is 18.6. The summed E-state index contributed by atoms with van der Waals surface area (Å²) in [7, 11) is 0. The Hall–Kier alpha value is -4.38. The van der Waals surface area contributed by atoms with E-state index in [1.807, 2.05) is 85.1 Å². The molecule has 1 aliphatic heterocycles. The molecule has 1 fully saturated rings. The minimum absolute atomic E-state index is 0.0480. The molecule has 0 radical (unpaired) electrons. The number of nitrogens with zero attached hydrogens (tertiary/aromatic N) is 4. The molecule has 38 heavy (non-hydrogen) atoms. The van der Waals surface area contributed by atoms with Gasteiger partial charge >= 0.3 is 0 Å². The average molecular weight is 525 g/mol. The summed E-state index contributed by atoms with van der Waals surface area (Å²) in [5, 5.41) is 15.3. The third-order valence-electron chi connectivity index (χ3n) is 6.17. The van der Waals surface area contributed by atoms with Gasteiger partial charge in [0.15, 0.2) is 0 Å². The van der Waals surface area contributed by atoms with Gasteiger partial charge < -0.3 is 14.4 Å². The van der Waals surface area contributed by atoms with Gasteiger partial charge in [-0.05, 0) is 36.4 Å². The van der Waals surface area contributed by atoms with E-state index in [0.29, 0.717) is 54.9 Å². The molecule has 0 aliphatic carbocycles. The predicted octanol–water partition coefficient (Wildman–Crippen LogP) is 5.54. The number of hydrogen-bond acceptors (Lipinski definition) is 5. The van der Waals surface area contributed by atoms with Gasteiger partial charge in [0.1, 0.15) is 29.7 Å². The van der Waals surface area contributed by atoms with Crippen molar-refractivity contribution in [3.05, 3.63) is 107 Å². The molecule has 7 nitrogen and oxygen atoms in total. The summed E-state index contributed by atoms with van der Waals surface area (Å²) in [5.74, 6) is 0.336. The van der Waals surface area contributed by atoms with Crippen molar-refractivity contribution in [1.82, 2.24) is 14.7 Å². The van der Waals surface area contributed by atoms with Crippen LogP contribution < -0.4 is 4.74 Å². The van der Waals surface area contributed by atoms with Crippen LogP contribution in [0, 0.1) is 11.3 Å². The first-order valence-corrected chi connectivity index (χ1v) is 12.6. The zero-order valence-corrected chi connectivity index (χ0v) is 21.3. The first-order valence-electron chi connectivity index (χ1n) is 12.2. The molecule has 190 valence electrons. The lowest BCUT2D eigenvalue weighted by Gasteiger charge is -2.26. The smallest absolute Gasteiger partial charge is 0.264 e. The summed E-state index contributed by atoms with van der Waals surface area (Å²) in [4.78, 5) is 14.7. The van der Waals surface area contributed by atoms with Crippen LogP contribution in [0.2, 0.25) is 5.02 Å². The zero-order valence-electron chi connectivity index (χ0n) is 20.6. The highest BCUT2D eigenvalue weighted by Crippen LogP contribution is 2.29. The van der Waals surface area contributed by atoms with E-state index in [9.17, 15) is 10.1 Å². The van der Waals surface area contributed by atoms with E-state index in [1.54, 1.807) is 15.7 Å². The van der Waals surface area contributed by atoms with Gasteiger partial charge in [-0.2, -0.15) is 10.4 Å². The van der Waals surface area contributed by atoms with Crippen LogP contribution >= 0.6 is 11.6 Å². The van der Waals surface area contributed by atoms with Crippen molar-refractivity contribution in [3.8, 4) is 28.8 Å². The second kappa shape index (κ2) is 11.8. The van der Waals surface area contributed by atoms with Crippen molar-refractivity contribution in [3.63, 3.8) is 0 Å². The van der Waals surface area contributed by atoms with Gasteiger partial charge in [0, 0.05) is 41.0 Å². The van der Waals surface area contributed by atoms with Crippen molar-refractivity contribution in [2.24, 2.45) is 0 Å².